The molecule has 0 unspecified atom stereocenters. The zero-order chi connectivity index (χ0) is 17.8. The van der Waals surface area contributed by atoms with Gasteiger partial charge in [0.25, 0.3) is 0 Å². The molecule has 1 heterocycles. The van der Waals surface area contributed by atoms with Crippen LogP contribution in [0.5, 0.6) is 5.75 Å². The molecular weight excluding hydrogens is 348 g/mol. The molecule has 0 N–H and O–H groups in total. The molecule has 0 spiro atoms. The van der Waals surface area contributed by atoms with Crippen LogP contribution in [0.2, 0.25) is 5.02 Å². The molecule has 4 rings (SSSR count). The predicted molar refractivity (Wildman–Crippen MR) is 103 cm³/mol. The van der Waals surface area contributed by atoms with Gasteiger partial charge in [-0.2, -0.15) is 5.10 Å². The van der Waals surface area contributed by atoms with Crippen molar-refractivity contribution < 1.29 is 4.74 Å². The second-order valence-electron chi connectivity index (χ2n) is 5.70. The van der Waals surface area contributed by atoms with Crippen molar-refractivity contribution in [3.05, 3.63) is 89.5 Å². The Morgan fingerprint density at radius 1 is 1.00 bits per heavy atom. The monoisotopic (exact) mass is 362 g/mol. The Kier molecular flexibility index (Phi) is 4.62. The zero-order valence-electron chi connectivity index (χ0n) is 13.8. The van der Waals surface area contributed by atoms with E-state index in [0.29, 0.717) is 17.4 Å². The lowest BCUT2D eigenvalue weighted by Crippen LogP contribution is -2.00. The van der Waals surface area contributed by atoms with Crippen molar-refractivity contribution in [2.75, 3.05) is 0 Å². The quantitative estimate of drug-likeness (QED) is 0.489. The largest absolute Gasteiger partial charge is 0.488 e. The molecule has 0 saturated carbocycles. The first-order valence-electron chi connectivity index (χ1n) is 8.07. The molecule has 1 aromatic heterocycles. The fraction of sp³-hybridized carbons (Fsp3) is 0.0500. The molecule has 0 aliphatic heterocycles. The van der Waals surface area contributed by atoms with Crippen LogP contribution in [0.4, 0.5) is 0 Å². The van der Waals surface area contributed by atoms with Gasteiger partial charge in [-0.1, -0.05) is 54.1 Å². The first-order valence-corrected chi connectivity index (χ1v) is 8.45. The molecule has 3 aromatic carbocycles. The van der Waals surface area contributed by atoms with Crippen molar-refractivity contribution in [2.45, 2.75) is 6.61 Å². The van der Waals surface area contributed by atoms with E-state index in [4.69, 9.17) is 16.3 Å². The highest BCUT2D eigenvalue weighted by atomic mass is 35.5. The number of fused-ring (bicyclic) bond motifs is 1. The van der Waals surface area contributed by atoms with E-state index < -0.39 is 0 Å². The third-order valence-corrected chi connectivity index (χ3v) is 4.21. The van der Waals surface area contributed by atoms with Gasteiger partial charge >= 0.3 is 0 Å². The topological polar surface area (TPSA) is 52.3 Å². The average Bonchev–Trinajstić information content (AvgIpc) is 3.19. The minimum Gasteiger partial charge on any atom is -0.488 e. The van der Waals surface area contributed by atoms with Gasteiger partial charge in [0.2, 0.25) is 0 Å². The lowest BCUT2D eigenvalue weighted by molar-refractivity contribution is 0.307. The van der Waals surface area contributed by atoms with Crippen LogP contribution in [0.3, 0.4) is 0 Å². The molecule has 0 saturated heterocycles. The zero-order valence-corrected chi connectivity index (χ0v) is 14.5. The van der Waals surface area contributed by atoms with Crippen molar-refractivity contribution in [1.29, 1.82) is 0 Å². The molecule has 0 bridgehead atoms. The molecule has 0 aliphatic carbocycles. The fourth-order valence-electron chi connectivity index (χ4n) is 2.71. The van der Waals surface area contributed by atoms with Gasteiger partial charge in [-0.05, 0) is 34.5 Å². The van der Waals surface area contributed by atoms with Gasteiger partial charge in [-0.15, -0.1) is 10.2 Å². The molecule has 128 valence electrons. The summed E-state index contributed by atoms with van der Waals surface area (Å²) in [6, 6.07) is 19.9. The third-order valence-electron chi connectivity index (χ3n) is 3.97. The Balaban J connectivity index is 1.60. The number of benzene rings is 3. The number of aromatic nitrogens is 3. The molecular formula is C20H15ClN4O. The second kappa shape index (κ2) is 7.37. The van der Waals surface area contributed by atoms with Gasteiger partial charge in [-0.25, -0.2) is 4.68 Å². The van der Waals surface area contributed by atoms with Gasteiger partial charge < -0.3 is 4.74 Å². The average molecular weight is 363 g/mol. The van der Waals surface area contributed by atoms with E-state index in [1.807, 2.05) is 30.3 Å². The van der Waals surface area contributed by atoms with Crippen LogP contribution in [0.15, 0.2) is 78.4 Å². The smallest absolute Gasteiger partial charge is 0.141 e. The highest BCUT2D eigenvalue weighted by Crippen LogP contribution is 2.24. The molecule has 0 atom stereocenters. The normalized spacial score (nSPS) is 11.3. The molecule has 6 heteroatoms. The van der Waals surface area contributed by atoms with Crippen molar-refractivity contribution >= 4 is 28.6 Å². The van der Waals surface area contributed by atoms with Crippen molar-refractivity contribution in [1.82, 2.24) is 14.9 Å². The number of ether oxygens (including phenoxy) is 1. The summed E-state index contributed by atoms with van der Waals surface area (Å²) < 4.78 is 7.58. The van der Waals surface area contributed by atoms with Gasteiger partial charge in [0.05, 0.1) is 6.21 Å². The summed E-state index contributed by atoms with van der Waals surface area (Å²) in [5.74, 6) is 0.708. The molecule has 0 fully saturated rings. The van der Waals surface area contributed by atoms with Gasteiger partial charge in [0.15, 0.2) is 0 Å². The first kappa shape index (κ1) is 16.3. The van der Waals surface area contributed by atoms with Crippen LogP contribution in [0.1, 0.15) is 11.1 Å². The SMILES string of the molecule is Clc1ccc(OCc2cccc3ccccc23)c(/C=N/n2cnnc2)c1. The lowest BCUT2D eigenvalue weighted by Gasteiger charge is -2.11. The highest BCUT2D eigenvalue weighted by Gasteiger charge is 2.06. The van der Waals surface area contributed by atoms with E-state index in [0.717, 1.165) is 11.1 Å². The summed E-state index contributed by atoms with van der Waals surface area (Å²) in [4.78, 5) is 0. The minimum absolute atomic E-state index is 0.455. The van der Waals surface area contributed by atoms with E-state index in [9.17, 15) is 0 Å². The molecule has 0 aliphatic rings. The van der Waals surface area contributed by atoms with Crippen LogP contribution in [0.25, 0.3) is 10.8 Å². The van der Waals surface area contributed by atoms with Crippen LogP contribution >= 0.6 is 11.6 Å². The van der Waals surface area contributed by atoms with Crippen LogP contribution in [-0.4, -0.2) is 21.1 Å². The van der Waals surface area contributed by atoms with Crippen LogP contribution < -0.4 is 4.74 Å². The number of rotatable bonds is 5. The molecule has 0 amide bonds. The highest BCUT2D eigenvalue weighted by molar-refractivity contribution is 6.30. The number of hydrogen-bond donors (Lipinski definition) is 0. The maximum Gasteiger partial charge on any atom is 0.141 e. The Hall–Kier alpha value is -3.18. The number of hydrogen-bond acceptors (Lipinski definition) is 4. The maximum atomic E-state index is 6.12. The van der Waals surface area contributed by atoms with Crippen molar-refractivity contribution in [2.24, 2.45) is 5.10 Å². The Morgan fingerprint density at radius 3 is 2.69 bits per heavy atom. The van der Waals surface area contributed by atoms with E-state index in [1.165, 1.54) is 28.1 Å². The van der Waals surface area contributed by atoms with Gasteiger partial charge in [0.1, 0.15) is 25.0 Å². The summed E-state index contributed by atoms with van der Waals surface area (Å²) in [7, 11) is 0. The third kappa shape index (κ3) is 3.58. The molecule has 26 heavy (non-hydrogen) atoms. The van der Waals surface area contributed by atoms with E-state index >= 15 is 0 Å². The molecule has 4 aromatic rings. The summed E-state index contributed by atoms with van der Waals surface area (Å²) in [6.45, 7) is 0.455. The molecule has 5 nitrogen and oxygen atoms in total. The fourth-order valence-corrected chi connectivity index (χ4v) is 2.89. The first-order chi connectivity index (χ1) is 12.8. The number of nitrogens with zero attached hydrogens (tertiary/aromatic N) is 4. The summed E-state index contributed by atoms with van der Waals surface area (Å²) in [5.41, 5.74) is 1.91. The summed E-state index contributed by atoms with van der Waals surface area (Å²) in [5, 5.41) is 14.7. The van der Waals surface area contributed by atoms with Crippen LogP contribution in [-0.2, 0) is 6.61 Å². The van der Waals surface area contributed by atoms with Crippen molar-refractivity contribution in [3.63, 3.8) is 0 Å². The molecule has 0 radical (unpaired) electrons. The standard InChI is InChI=1S/C20H15ClN4O/c21-18-8-9-20(17(10-18)11-24-25-13-22-23-14-25)26-12-16-6-3-5-15-4-1-2-7-19(15)16/h1-11,13-14H,12H2/b24-11+. The maximum absolute atomic E-state index is 6.12. The second-order valence-corrected chi connectivity index (χ2v) is 6.13. The number of halogens is 1. The summed E-state index contributed by atoms with van der Waals surface area (Å²) in [6.07, 6.45) is 4.70. The predicted octanol–water partition coefficient (Wildman–Crippen LogP) is 4.55. The minimum atomic E-state index is 0.455. The van der Waals surface area contributed by atoms with E-state index in [1.54, 1.807) is 12.3 Å². The Bertz CT molecular complexity index is 1060. The van der Waals surface area contributed by atoms with Crippen molar-refractivity contribution in [3.8, 4) is 5.75 Å². The van der Waals surface area contributed by atoms with Gasteiger partial charge in [0, 0.05) is 10.6 Å². The van der Waals surface area contributed by atoms with E-state index in [2.05, 4.69) is 39.6 Å². The summed E-state index contributed by atoms with van der Waals surface area (Å²) >= 11 is 6.12. The van der Waals surface area contributed by atoms with E-state index in [-0.39, 0.29) is 0 Å². The van der Waals surface area contributed by atoms with Crippen LogP contribution in [0, 0.1) is 0 Å². The Morgan fingerprint density at radius 2 is 1.81 bits per heavy atom. The van der Waals surface area contributed by atoms with Gasteiger partial charge in [-0.3, -0.25) is 0 Å². The Labute approximate surface area is 155 Å². The lowest BCUT2D eigenvalue weighted by atomic mass is 10.1.